The molecule has 1 fully saturated rings. The molecule has 0 spiro atoms. The first-order chi connectivity index (χ1) is 9.26. The fourth-order valence-electron chi connectivity index (χ4n) is 2.49. The van der Waals surface area contributed by atoms with E-state index in [-0.39, 0.29) is 24.7 Å². The van der Waals surface area contributed by atoms with Crippen LogP contribution in [-0.2, 0) is 14.3 Å². The number of carbonyl (C=O) groups excluding carboxylic acids is 2. The zero-order valence-corrected chi connectivity index (χ0v) is 13.3. The molecule has 116 valence electrons. The summed E-state index contributed by atoms with van der Waals surface area (Å²) in [5.41, 5.74) is -0.480. The highest BCUT2D eigenvalue weighted by Crippen LogP contribution is 2.27. The van der Waals surface area contributed by atoms with E-state index in [1.54, 1.807) is 0 Å². The van der Waals surface area contributed by atoms with Crippen molar-refractivity contribution in [3.8, 4) is 0 Å². The zero-order chi connectivity index (χ0) is 15.2. The first-order valence-corrected chi connectivity index (χ1v) is 7.75. The molecule has 0 aliphatic heterocycles. The van der Waals surface area contributed by atoms with Crippen LogP contribution in [0.1, 0.15) is 66.2 Å². The summed E-state index contributed by atoms with van der Waals surface area (Å²) < 4.78 is 5.18. The number of nitrogens with one attached hydrogen (secondary N) is 1. The number of esters is 1. The van der Waals surface area contributed by atoms with Crippen LogP contribution in [0.15, 0.2) is 0 Å². The quantitative estimate of drug-likeness (QED) is 0.789. The minimum atomic E-state index is -0.480. The van der Waals surface area contributed by atoms with Crippen LogP contribution >= 0.6 is 0 Å². The van der Waals surface area contributed by atoms with Crippen molar-refractivity contribution in [2.75, 3.05) is 6.54 Å². The van der Waals surface area contributed by atoms with Crippen LogP contribution in [-0.4, -0.2) is 24.0 Å². The van der Waals surface area contributed by atoms with Gasteiger partial charge in [-0.3, -0.25) is 9.59 Å². The molecule has 4 heteroatoms. The van der Waals surface area contributed by atoms with E-state index in [0.29, 0.717) is 5.92 Å². The molecular formula is C16H29NO3. The Bertz CT molecular complexity index is 325. The third-order valence-corrected chi connectivity index (χ3v) is 3.70. The molecule has 0 aromatic heterocycles. The van der Waals surface area contributed by atoms with Crippen molar-refractivity contribution in [3.05, 3.63) is 0 Å². The molecule has 0 atom stereocenters. The molecule has 1 amide bonds. The van der Waals surface area contributed by atoms with Gasteiger partial charge < -0.3 is 10.1 Å². The summed E-state index contributed by atoms with van der Waals surface area (Å²) in [5.74, 6) is 1.08. The molecule has 1 N–H and O–H groups in total. The first kappa shape index (κ1) is 17.0. The van der Waals surface area contributed by atoms with Gasteiger partial charge in [-0.1, -0.05) is 19.8 Å². The van der Waals surface area contributed by atoms with Gasteiger partial charge in [-0.15, -0.1) is 0 Å². The molecule has 1 saturated carbocycles. The highest BCUT2D eigenvalue weighted by atomic mass is 16.6. The molecule has 0 aromatic carbocycles. The van der Waals surface area contributed by atoms with Crippen LogP contribution < -0.4 is 5.32 Å². The van der Waals surface area contributed by atoms with Crippen molar-refractivity contribution in [2.45, 2.75) is 71.8 Å². The van der Waals surface area contributed by atoms with Gasteiger partial charge >= 0.3 is 5.97 Å². The highest BCUT2D eigenvalue weighted by Gasteiger charge is 2.20. The Labute approximate surface area is 122 Å². The molecule has 0 unspecified atom stereocenters. The molecule has 1 aliphatic rings. The standard InChI is InChI=1S/C16H29NO3/c1-12-5-7-13(8-6-12)11-17-14(18)9-10-15(19)20-16(2,3)4/h12-13H,5-11H2,1-4H3,(H,17,18). The van der Waals surface area contributed by atoms with Crippen LogP contribution in [0.2, 0.25) is 0 Å². The van der Waals surface area contributed by atoms with Crippen molar-refractivity contribution >= 4 is 11.9 Å². The topological polar surface area (TPSA) is 55.4 Å². The second-order valence-corrected chi connectivity index (χ2v) is 7.02. The molecule has 4 nitrogen and oxygen atoms in total. The Hall–Kier alpha value is -1.06. The molecule has 0 heterocycles. The zero-order valence-electron chi connectivity index (χ0n) is 13.3. The van der Waals surface area contributed by atoms with E-state index in [1.807, 2.05) is 20.8 Å². The van der Waals surface area contributed by atoms with Crippen LogP contribution in [0.25, 0.3) is 0 Å². The Morgan fingerprint density at radius 1 is 1.10 bits per heavy atom. The summed E-state index contributed by atoms with van der Waals surface area (Å²) in [6.07, 6.45) is 5.31. The van der Waals surface area contributed by atoms with Crippen LogP contribution in [0.5, 0.6) is 0 Å². The summed E-state index contributed by atoms with van der Waals surface area (Å²) in [5, 5.41) is 2.94. The number of amides is 1. The van der Waals surface area contributed by atoms with E-state index in [9.17, 15) is 9.59 Å². The van der Waals surface area contributed by atoms with Gasteiger partial charge in [0.05, 0.1) is 6.42 Å². The second-order valence-electron chi connectivity index (χ2n) is 7.02. The largest absolute Gasteiger partial charge is 0.460 e. The smallest absolute Gasteiger partial charge is 0.306 e. The van der Waals surface area contributed by atoms with Crippen molar-refractivity contribution in [3.63, 3.8) is 0 Å². The molecule has 0 radical (unpaired) electrons. The van der Waals surface area contributed by atoms with E-state index >= 15 is 0 Å². The van der Waals surface area contributed by atoms with E-state index in [0.717, 1.165) is 12.5 Å². The molecule has 1 rings (SSSR count). The van der Waals surface area contributed by atoms with Crippen molar-refractivity contribution < 1.29 is 14.3 Å². The Balaban J connectivity index is 2.13. The van der Waals surface area contributed by atoms with Crippen molar-refractivity contribution in [1.82, 2.24) is 5.32 Å². The van der Waals surface area contributed by atoms with Crippen LogP contribution in [0, 0.1) is 11.8 Å². The Kier molecular flexibility index (Phi) is 6.50. The maximum atomic E-state index is 11.7. The lowest BCUT2D eigenvalue weighted by Gasteiger charge is -2.26. The number of hydrogen-bond acceptors (Lipinski definition) is 3. The molecule has 0 aromatic rings. The predicted molar refractivity (Wildman–Crippen MR) is 79.2 cm³/mol. The summed E-state index contributed by atoms with van der Waals surface area (Å²) in [6, 6.07) is 0. The first-order valence-electron chi connectivity index (χ1n) is 7.75. The monoisotopic (exact) mass is 283 g/mol. The number of carbonyl (C=O) groups is 2. The maximum Gasteiger partial charge on any atom is 0.306 e. The second kappa shape index (κ2) is 7.65. The fourth-order valence-corrected chi connectivity index (χ4v) is 2.49. The predicted octanol–water partition coefficient (Wildman–Crippen LogP) is 3.05. The lowest BCUT2D eigenvalue weighted by molar-refractivity contribution is -0.155. The van der Waals surface area contributed by atoms with E-state index in [2.05, 4.69) is 12.2 Å². The minimum absolute atomic E-state index is 0.0468. The maximum absolute atomic E-state index is 11.7. The molecule has 0 saturated heterocycles. The third-order valence-electron chi connectivity index (χ3n) is 3.70. The number of ether oxygens (including phenoxy) is 1. The van der Waals surface area contributed by atoms with E-state index in [1.165, 1.54) is 25.7 Å². The van der Waals surface area contributed by atoms with E-state index in [4.69, 9.17) is 4.74 Å². The molecular weight excluding hydrogens is 254 g/mol. The fraction of sp³-hybridized carbons (Fsp3) is 0.875. The lowest BCUT2D eigenvalue weighted by Crippen LogP contribution is -2.31. The molecule has 20 heavy (non-hydrogen) atoms. The van der Waals surface area contributed by atoms with Gasteiger partial charge in [0.1, 0.15) is 5.60 Å². The lowest BCUT2D eigenvalue weighted by atomic mass is 9.83. The van der Waals surface area contributed by atoms with Gasteiger partial charge in [-0.25, -0.2) is 0 Å². The van der Waals surface area contributed by atoms with Gasteiger partial charge in [0.15, 0.2) is 0 Å². The SMILES string of the molecule is CC1CCC(CNC(=O)CCC(=O)OC(C)(C)C)CC1. The summed E-state index contributed by atoms with van der Waals surface area (Å²) >= 11 is 0. The summed E-state index contributed by atoms with van der Waals surface area (Å²) in [7, 11) is 0. The van der Waals surface area contributed by atoms with Crippen LogP contribution in [0.4, 0.5) is 0 Å². The van der Waals surface area contributed by atoms with Gasteiger partial charge in [-0.2, -0.15) is 0 Å². The van der Waals surface area contributed by atoms with Crippen molar-refractivity contribution in [2.24, 2.45) is 11.8 Å². The minimum Gasteiger partial charge on any atom is -0.460 e. The average molecular weight is 283 g/mol. The Morgan fingerprint density at radius 3 is 2.25 bits per heavy atom. The molecule has 0 bridgehead atoms. The summed E-state index contributed by atoms with van der Waals surface area (Å²) in [6.45, 7) is 8.52. The van der Waals surface area contributed by atoms with Crippen molar-refractivity contribution in [1.29, 1.82) is 0 Å². The normalized spacial score (nSPS) is 23.2. The molecule has 1 aliphatic carbocycles. The number of rotatable bonds is 5. The Morgan fingerprint density at radius 2 is 1.70 bits per heavy atom. The third kappa shape index (κ3) is 7.51. The van der Waals surface area contributed by atoms with Gasteiger partial charge in [0, 0.05) is 13.0 Å². The highest BCUT2D eigenvalue weighted by molar-refractivity contribution is 5.81. The number of hydrogen-bond donors (Lipinski definition) is 1. The van der Waals surface area contributed by atoms with Gasteiger partial charge in [-0.05, 0) is 45.4 Å². The van der Waals surface area contributed by atoms with Crippen LogP contribution in [0.3, 0.4) is 0 Å². The van der Waals surface area contributed by atoms with Gasteiger partial charge in [0.25, 0.3) is 0 Å². The van der Waals surface area contributed by atoms with Gasteiger partial charge in [0.2, 0.25) is 5.91 Å². The summed E-state index contributed by atoms with van der Waals surface area (Å²) in [4.78, 5) is 23.2. The average Bonchev–Trinajstić information content (AvgIpc) is 2.33. The van der Waals surface area contributed by atoms with E-state index < -0.39 is 5.60 Å².